The van der Waals surface area contributed by atoms with Crippen LogP contribution in [-0.2, 0) is 9.47 Å². The van der Waals surface area contributed by atoms with E-state index in [1.54, 1.807) is 14.2 Å². The Kier molecular flexibility index (Phi) is 6.98. The van der Waals surface area contributed by atoms with Crippen molar-refractivity contribution in [3.05, 3.63) is 0 Å². The Labute approximate surface area is 63.5 Å². The zero-order valence-electron chi connectivity index (χ0n) is 7.22. The van der Waals surface area contributed by atoms with Crippen LogP contribution in [0.25, 0.3) is 0 Å². The van der Waals surface area contributed by atoms with Crippen molar-refractivity contribution in [3.63, 3.8) is 0 Å². The van der Waals surface area contributed by atoms with E-state index in [0.717, 1.165) is 13.0 Å². The Bertz CT molecular complexity index is 64.3. The van der Waals surface area contributed by atoms with Crippen molar-refractivity contribution >= 4 is 0 Å². The van der Waals surface area contributed by atoms with Gasteiger partial charge in [0, 0.05) is 14.2 Å². The molecule has 2 heteroatoms. The molecule has 0 bridgehead atoms. The van der Waals surface area contributed by atoms with Crippen molar-refractivity contribution < 1.29 is 9.47 Å². The highest BCUT2D eigenvalue weighted by atomic mass is 16.5. The Morgan fingerprint density at radius 2 is 2.00 bits per heavy atom. The second-order valence-corrected chi connectivity index (χ2v) is 2.46. The minimum absolute atomic E-state index is 0.296. The van der Waals surface area contributed by atoms with Gasteiger partial charge in [-0.15, -0.1) is 0 Å². The molecule has 0 aliphatic carbocycles. The maximum Gasteiger partial charge on any atom is 0.0804 e. The van der Waals surface area contributed by atoms with E-state index in [0.29, 0.717) is 6.10 Å². The number of unbranched alkanes of at least 4 members (excludes halogenated alkanes) is 1. The molecule has 1 atom stereocenters. The van der Waals surface area contributed by atoms with Crippen LogP contribution in [-0.4, -0.2) is 26.9 Å². The molecule has 2 nitrogen and oxygen atoms in total. The third-order valence-electron chi connectivity index (χ3n) is 1.57. The van der Waals surface area contributed by atoms with Crippen molar-refractivity contribution in [3.8, 4) is 0 Å². The fraction of sp³-hybridized carbons (Fsp3) is 1.00. The summed E-state index contributed by atoms with van der Waals surface area (Å²) >= 11 is 0. The van der Waals surface area contributed by atoms with E-state index in [2.05, 4.69) is 6.92 Å². The molecule has 62 valence electrons. The van der Waals surface area contributed by atoms with Gasteiger partial charge >= 0.3 is 0 Å². The molecule has 0 N–H and O–H groups in total. The number of hydrogen-bond donors (Lipinski definition) is 0. The monoisotopic (exact) mass is 146 g/mol. The molecule has 0 rings (SSSR count). The summed E-state index contributed by atoms with van der Waals surface area (Å²) in [6.07, 6.45) is 3.86. The smallest absolute Gasteiger partial charge is 0.0804 e. The first-order chi connectivity index (χ1) is 4.85. The number of ether oxygens (including phenoxy) is 2. The van der Waals surface area contributed by atoms with Crippen molar-refractivity contribution in [2.24, 2.45) is 0 Å². The van der Waals surface area contributed by atoms with Gasteiger partial charge in [0.1, 0.15) is 0 Å². The topological polar surface area (TPSA) is 18.5 Å². The van der Waals surface area contributed by atoms with Gasteiger partial charge in [0.05, 0.1) is 12.7 Å². The first kappa shape index (κ1) is 9.92. The molecular weight excluding hydrogens is 128 g/mol. The zero-order valence-corrected chi connectivity index (χ0v) is 7.22. The molecule has 0 aliphatic rings. The van der Waals surface area contributed by atoms with E-state index in [9.17, 15) is 0 Å². The molecule has 0 fully saturated rings. The lowest BCUT2D eigenvalue weighted by Crippen LogP contribution is -2.16. The first-order valence-corrected chi connectivity index (χ1v) is 3.86. The van der Waals surface area contributed by atoms with Gasteiger partial charge in [-0.25, -0.2) is 0 Å². The minimum Gasteiger partial charge on any atom is -0.382 e. The lowest BCUT2D eigenvalue weighted by Gasteiger charge is -2.12. The normalized spacial score (nSPS) is 13.5. The van der Waals surface area contributed by atoms with E-state index in [4.69, 9.17) is 9.47 Å². The summed E-state index contributed by atoms with van der Waals surface area (Å²) in [4.78, 5) is 0. The second kappa shape index (κ2) is 7.03. The van der Waals surface area contributed by atoms with Gasteiger partial charge in [-0.1, -0.05) is 19.8 Å². The molecule has 0 radical (unpaired) electrons. The molecule has 0 amide bonds. The maximum absolute atomic E-state index is 5.17. The average Bonchev–Trinajstić information content (AvgIpc) is 1.98. The molecule has 0 spiro atoms. The fourth-order valence-corrected chi connectivity index (χ4v) is 0.887. The first-order valence-electron chi connectivity index (χ1n) is 3.86. The van der Waals surface area contributed by atoms with Crippen molar-refractivity contribution in [1.82, 2.24) is 0 Å². The summed E-state index contributed by atoms with van der Waals surface area (Å²) in [6.45, 7) is 2.90. The number of methoxy groups -OCH3 is 2. The van der Waals surface area contributed by atoms with Crippen LogP contribution in [0, 0.1) is 0 Å². The minimum atomic E-state index is 0.296. The Morgan fingerprint density at radius 1 is 1.30 bits per heavy atom. The lowest BCUT2D eigenvalue weighted by atomic mass is 10.2. The van der Waals surface area contributed by atoms with Crippen LogP contribution in [0.15, 0.2) is 0 Å². The van der Waals surface area contributed by atoms with Gasteiger partial charge < -0.3 is 9.47 Å². The van der Waals surface area contributed by atoms with E-state index in [1.165, 1.54) is 12.8 Å². The summed E-state index contributed by atoms with van der Waals surface area (Å²) in [5, 5.41) is 0. The van der Waals surface area contributed by atoms with Crippen LogP contribution in [0.3, 0.4) is 0 Å². The van der Waals surface area contributed by atoms with Crippen LogP contribution in [0.4, 0.5) is 0 Å². The van der Waals surface area contributed by atoms with E-state index < -0.39 is 0 Å². The van der Waals surface area contributed by atoms with Gasteiger partial charge in [0.15, 0.2) is 0 Å². The molecule has 0 heterocycles. The van der Waals surface area contributed by atoms with E-state index >= 15 is 0 Å². The van der Waals surface area contributed by atoms with Crippen LogP contribution >= 0.6 is 0 Å². The predicted octanol–water partition coefficient (Wildman–Crippen LogP) is 1.84. The quantitative estimate of drug-likeness (QED) is 0.569. The molecule has 0 saturated carbocycles. The summed E-state index contributed by atoms with van der Waals surface area (Å²) in [6, 6.07) is 0. The van der Waals surface area contributed by atoms with Gasteiger partial charge in [-0.05, 0) is 6.42 Å². The predicted molar refractivity (Wildman–Crippen MR) is 42.2 cm³/mol. The summed E-state index contributed by atoms with van der Waals surface area (Å²) in [5.41, 5.74) is 0. The fourth-order valence-electron chi connectivity index (χ4n) is 0.887. The van der Waals surface area contributed by atoms with Crippen LogP contribution in [0.1, 0.15) is 26.2 Å². The van der Waals surface area contributed by atoms with Crippen LogP contribution in [0.2, 0.25) is 0 Å². The van der Waals surface area contributed by atoms with E-state index in [-0.39, 0.29) is 0 Å². The molecule has 10 heavy (non-hydrogen) atoms. The van der Waals surface area contributed by atoms with Crippen molar-refractivity contribution in [1.29, 1.82) is 0 Å². The van der Waals surface area contributed by atoms with Crippen molar-refractivity contribution in [2.75, 3.05) is 20.8 Å². The number of hydrogen-bond acceptors (Lipinski definition) is 2. The molecular formula is C8H18O2. The second-order valence-electron chi connectivity index (χ2n) is 2.46. The summed E-state index contributed by atoms with van der Waals surface area (Å²) < 4.78 is 10.1. The largest absolute Gasteiger partial charge is 0.382 e. The third-order valence-corrected chi connectivity index (χ3v) is 1.57. The highest BCUT2D eigenvalue weighted by molar-refractivity contribution is 4.54. The summed E-state index contributed by atoms with van der Waals surface area (Å²) in [7, 11) is 3.44. The third kappa shape index (κ3) is 4.77. The van der Waals surface area contributed by atoms with Gasteiger partial charge in [-0.2, -0.15) is 0 Å². The molecule has 0 aliphatic heterocycles. The SMILES string of the molecule is CCCCC(COC)OC. The molecule has 1 unspecified atom stereocenters. The number of rotatable bonds is 6. The highest BCUT2D eigenvalue weighted by Gasteiger charge is 2.04. The van der Waals surface area contributed by atoms with Gasteiger partial charge in [0.2, 0.25) is 0 Å². The highest BCUT2D eigenvalue weighted by Crippen LogP contribution is 2.03. The van der Waals surface area contributed by atoms with Crippen LogP contribution < -0.4 is 0 Å². The van der Waals surface area contributed by atoms with E-state index in [1.807, 2.05) is 0 Å². The molecule has 0 aromatic heterocycles. The average molecular weight is 146 g/mol. The standard InChI is InChI=1S/C8H18O2/c1-4-5-6-8(10-3)7-9-2/h8H,4-7H2,1-3H3. The molecule has 0 aromatic carbocycles. The van der Waals surface area contributed by atoms with Gasteiger partial charge in [-0.3, -0.25) is 0 Å². The molecule has 0 saturated heterocycles. The zero-order chi connectivity index (χ0) is 7.82. The maximum atomic E-state index is 5.17. The summed E-state index contributed by atoms with van der Waals surface area (Å²) in [5.74, 6) is 0. The Hall–Kier alpha value is -0.0800. The van der Waals surface area contributed by atoms with Crippen LogP contribution in [0.5, 0.6) is 0 Å². The molecule has 0 aromatic rings. The Morgan fingerprint density at radius 3 is 2.40 bits per heavy atom. The Balaban J connectivity index is 3.21. The van der Waals surface area contributed by atoms with Gasteiger partial charge in [0.25, 0.3) is 0 Å². The van der Waals surface area contributed by atoms with Crippen molar-refractivity contribution in [2.45, 2.75) is 32.3 Å². The lowest BCUT2D eigenvalue weighted by molar-refractivity contribution is 0.0223.